The number of carbonyl (C=O) groups is 1. The standard InChI is InChI=1S/C23H25N5O2S/c1-15-19(21(29)30-4)20(17-10-12-18(13-11-17)27(2)3)28-22(24-15)25-23(26-28)31-14-16-8-6-5-7-9-16/h5-13,20H,14H2,1-4H3,(H,24,25,26). The molecule has 1 N–H and O–H groups in total. The van der Waals surface area contributed by atoms with E-state index in [-0.39, 0.29) is 5.97 Å². The maximum Gasteiger partial charge on any atom is 0.338 e. The molecule has 0 saturated heterocycles. The summed E-state index contributed by atoms with van der Waals surface area (Å²) >= 11 is 1.56. The Bertz CT molecular complexity index is 1110. The molecule has 1 aliphatic rings. The largest absolute Gasteiger partial charge is 0.466 e. The number of carbonyl (C=O) groups excluding carboxylic acids is 1. The highest BCUT2D eigenvalue weighted by Crippen LogP contribution is 2.37. The van der Waals surface area contributed by atoms with Crippen LogP contribution < -0.4 is 10.2 Å². The van der Waals surface area contributed by atoms with E-state index < -0.39 is 6.04 Å². The van der Waals surface area contributed by atoms with Crippen molar-refractivity contribution in [2.24, 2.45) is 0 Å². The lowest BCUT2D eigenvalue weighted by atomic mass is 9.95. The summed E-state index contributed by atoms with van der Waals surface area (Å²) in [4.78, 5) is 19.4. The first-order chi connectivity index (χ1) is 15.0. The van der Waals surface area contributed by atoms with Gasteiger partial charge in [-0.1, -0.05) is 54.2 Å². The highest BCUT2D eigenvalue weighted by atomic mass is 32.2. The number of fused-ring (bicyclic) bond motifs is 1. The number of nitrogens with one attached hydrogen (secondary N) is 1. The first-order valence-electron chi connectivity index (χ1n) is 9.94. The van der Waals surface area contributed by atoms with Crippen LogP contribution in [0.5, 0.6) is 0 Å². The fraction of sp³-hybridized carbons (Fsp3) is 0.261. The number of hydrogen-bond acceptors (Lipinski definition) is 7. The van der Waals surface area contributed by atoms with E-state index in [4.69, 9.17) is 9.84 Å². The van der Waals surface area contributed by atoms with E-state index in [1.807, 2.05) is 68.4 Å². The van der Waals surface area contributed by atoms with Crippen molar-refractivity contribution in [3.05, 3.63) is 77.0 Å². The minimum Gasteiger partial charge on any atom is -0.466 e. The quantitative estimate of drug-likeness (QED) is 0.462. The normalized spacial score (nSPS) is 15.3. The highest BCUT2D eigenvalue weighted by Gasteiger charge is 2.35. The number of anilines is 2. The van der Waals surface area contributed by atoms with Crippen molar-refractivity contribution in [2.45, 2.75) is 23.9 Å². The van der Waals surface area contributed by atoms with Crippen LogP contribution in [-0.4, -0.2) is 41.9 Å². The molecule has 1 atom stereocenters. The second-order valence-electron chi connectivity index (χ2n) is 7.48. The average molecular weight is 436 g/mol. The zero-order valence-electron chi connectivity index (χ0n) is 18.0. The van der Waals surface area contributed by atoms with Gasteiger partial charge in [0.2, 0.25) is 11.1 Å². The summed E-state index contributed by atoms with van der Waals surface area (Å²) in [5.74, 6) is 0.997. The number of hydrogen-bond donors (Lipinski definition) is 1. The summed E-state index contributed by atoms with van der Waals surface area (Å²) < 4.78 is 6.86. The number of ether oxygens (including phenoxy) is 1. The van der Waals surface area contributed by atoms with E-state index in [9.17, 15) is 4.79 Å². The maximum absolute atomic E-state index is 12.7. The van der Waals surface area contributed by atoms with Gasteiger partial charge >= 0.3 is 5.97 Å². The molecular formula is C23H25N5O2S. The van der Waals surface area contributed by atoms with Crippen molar-refractivity contribution in [1.29, 1.82) is 0 Å². The topological polar surface area (TPSA) is 72.3 Å². The predicted octanol–water partition coefficient (Wildman–Crippen LogP) is 4.10. The van der Waals surface area contributed by atoms with Gasteiger partial charge in [0.15, 0.2) is 0 Å². The lowest BCUT2D eigenvalue weighted by Crippen LogP contribution is -2.29. The van der Waals surface area contributed by atoms with Gasteiger partial charge in [-0.25, -0.2) is 9.48 Å². The Morgan fingerprint density at radius 3 is 2.52 bits per heavy atom. The lowest BCUT2D eigenvalue weighted by Gasteiger charge is -2.28. The molecule has 0 radical (unpaired) electrons. The number of aromatic nitrogens is 3. The van der Waals surface area contributed by atoms with Crippen molar-refractivity contribution >= 4 is 29.4 Å². The van der Waals surface area contributed by atoms with Gasteiger partial charge in [0.05, 0.1) is 12.7 Å². The van der Waals surface area contributed by atoms with E-state index in [1.54, 1.807) is 16.4 Å². The van der Waals surface area contributed by atoms with Crippen LogP contribution in [0.25, 0.3) is 0 Å². The summed E-state index contributed by atoms with van der Waals surface area (Å²) in [6.45, 7) is 1.86. The molecular weight excluding hydrogens is 410 g/mol. The van der Waals surface area contributed by atoms with Gasteiger partial charge in [0.25, 0.3) is 0 Å². The van der Waals surface area contributed by atoms with Crippen LogP contribution in [0.4, 0.5) is 11.6 Å². The number of nitrogens with zero attached hydrogens (tertiary/aromatic N) is 4. The van der Waals surface area contributed by atoms with E-state index in [2.05, 4.69) is 22.4 Å². The monoisotopic (exact) mass is 435 g/mol. The molecule has 0 saturated carbocycles. The molecule has 3 aromatic rings. The van der Waals surface area contributed by atoms with Gasteiger partial charge in [0, 0.05) is 31.2 Å². The molecule has 0 aliphatic carbocycles. The third-order valence-corrected chi connectivity index (χ3v) is 6.08. The van der Waals surface area contributed by atoms with Crippen LogP contribution in [0.1, 0.15) is 24.1 Å². The highest BCUT2D eigenvalue weighted by molar-refractivity contribution is 7.98. The smallest absolute Gasteiger partial charge is 0.338 e. The number of thioether (sulfide) groups is 1. The molecule has 160 valence electrons. The maximum atomic E-state index is 12.7. The molecule has 2 aromatic carbocycles. The Morgan fingerprint density at radius 1 is 1.16 bits per heavy atom. The Labute approximate surface area is 186 Å². The van der Waals surface area contributed by atoms with Crippen LogP contribution >= 0.6 is 11.8 Å². The zero-order chi connectivity index (χ0) is 22.0. The van der Waals surface area contributed by atoms with Crippen molar-refractivity contribution in [2.75, 3.05) is 31.4 Å². The molecule has 0 bridgehead atoms. The van der Waals surface area contributed by atoms with E-state index in [0.29, 0.717) is 22.4 Å². The van der Waals surface area contributed by atoms with Crippen molar-refractivity contribution in [3.63, 3.8) is 0 Å². The van der Waals surface area contributed by atoms with E-state index >= 15 is 0 Å². The number of rotatable bonds is 6. The molecule has 1 aromatic heterocycles. The fourth-order valence-corrected chi connectivity index (χ4v) is 4.34. The van der Waals surface area contributed by atoms with Crippen molar-refractivity contribution in [3.8, 4) is 0 Å². The molecule has 1 unspecified atom stereocenters. The van der Waals surface area contributed by atoms with Crippen LogP contribution in [-0.2, 0) is 15.3 Å². The summed E-state index contributed by atoms with van der Waals surface area (Å²) in [5.41, 5.74) is 4.47. The Hall–Kier alpha value is -3.26. The Morgan fingerprint density at radius 2 is 1.87 bits per heavy atom. The minimum atomic E-state index is -0.418. The Kier molecular flexibility index (Phi) is 5.99. The second kappa shape index (κ2) is 8.85. The van der Waals surface area contributed by atoms with Gasteiger partial charge in [-0.15, -0.1) is 5.10 Å². The van der Waals surface area contributed by atoms with Crippen molar-refractivity contribution in [1.82, 2.24) is 14.8 Å². The minimum absolute atomic E-state index is 0.383. The van der Waals surface area contributed by atoms with Gasteiger partial charge in [-0.05, 0) is 30.2 Å². The first kappa shape index (κ1) is 21.0. The zero-order valence-corrected chi connectivity index (χ0v) is 18.8. The summed E-state index contributed by atoms with van der Waals surface area (Å²) in [5, 5.41) is 8.61. The molecule has 0 spiro atoms. The average Bonchev–Trinajstić information content (AvgIpc) is 3.19. The predicted molar refractivity (Wildman–Crippen MR) is 123 cm³/mol. The number of allylic oxidation sites excluding steroid dienone is 1. The molecule has 2 heterocycles. The summed E-state index contributed by atoms with van der Waals surface area (Å²) in [6.07, 6.45) is 0. The Balaban J connectivity index is 1.70. The summed E-state index contributed by atoms with van der Waals surface area (Å²) in [6, 6.07) is 17.9. The van der Waals surface area contributed by atoms with Crippen LogP contribution in [0.15, 0.2) is 71.0 Å². The lowest BCUT2D eigenvalue weighted by molar-refractivity contribution is -0.136. The fourth-order valence-electron chi connectivity index (χ4n) is 3.55. The SMILES string of the molecule is COC(=O)C1=C(C)Nc2nc(SCc3ccccc3)nn2C1c1ccc(N(C)C)cc1. The van der Waals surface area contributed by atoms with Gasteiger partial charge < -0.3 is 15.0 Å². The molecule has 7 nitrogen and oxygen atoms in total. The molecule has 31 heavy (non-hydrogen) atoms. The van der Waals surface area contributed by atoms with E-state index in [0.717, 1.165) is 17.0 Å². The molecule has 8 heteroatoms. The molecule has 0 amide bonds. The van der Waals surface area contributed by atoms with Crippen molar-refractivity contribution < 1.29 is 9.53 Å². The third-order valence-electron chi connectivity index (χ3n) is 5.17. The molecule has 1 aliphatic heterocycles. The molecule has 4 rings (SSSR count). The molecule has 0 fully saturated rings. The third kappa shape index (κ3) is 4.29. The number of benzene rings is 2. The first-order valence-corrected chi connectivity index (χ1v) is 10.9. The van der Waals surface area contributed by atoms with Gasteiger partial charge in [0.1, 0.15) is 6.04 Å². The van der Waals surface area contributed by atoms with Crippen LogP contribution in [0, 0.1) is 0 Å². The van der Waals surface area contributed by atoms with Crippen LogP contribution in [0.2, 0.25) is 0 Å². The van der Waals surface area contributed by atoms with Gasteiger partial charge in [-0.2, -0.15) is 4.98 Å². The number of methoxy groups -OCH3 is 1. The van der Waals surface area contributed by atoms with Gasteiger partial charge in [-0.3, -0.25) is 0 Å². The number of esters is 1. The van der Waals surface area contributed by atoms with E-state index in [1.165, 1.54) is 12.7 Å². The summed E-state index contributed by atoms with van der Waals surface area (Å²) in [7, 11) is 5.39. The van der Waals surface area contributed by atoms with Crippen LogP contribution in [0.3, 0.4) is 0 Å². The second-order valence-corrected chi connectivity index (χ2v) is 8.42.